The molecule has 0 aromatic heterocycles. The SMILES string of the molecule is CNc1c(C(=O)NN)cc([N+](=O)[O-])cc1[N+](=O)[O-]. The lowest BCUT2D eigenvalue weighted by molar-refractivity contribution is -0.393. The molecule has 0 aliphatic carbocycles. The molecule has 0 atom stereocenters. The van der Waals surface area contributed by atoms with Crippen LogP contribution in [0.4, 0.5) is 17.1 Å². The number of nitro groups is 2. The van der Waals surface area contributed by atoms with Gasteiger partial charge < -0.3 is 5.32 Å². The molecule has 1 amide bonds. The van der Waals surface area contributed by atoms with Crippen molar-refractivity contribution in [2.75, 3.05) is 12.4 Å². The number of nitrogens with zero attached hydrogens (tertiary/aromatic N) is 2. The first-order valence-electron chi connectivity index (χ1n) is 4.58. The van der Waals surface area contributed by atoms with Crippen LogP contribution in [0.25, 0.3) is 0 Å². The normalized spacial score (nSPS) is 9.67. The van der Waals surface area contributed by atoms with Gasteiger partial charge in [-0.1, -0.05) is 0 Å². The van der Waals surface area contributed by atoms with Gasteiger partial charge in [-0.05, 0) is 0 Å². The third-order valence-electron chi connectivity index (χ3n) is 2.14. The van der Waals surface area contributed by atoms with Crippen LogP contribution in [0.1, 0.15) is 10.4 Å². The Hall–Kier alpha value is -2.75. The van der Waals surface area contributed by atoms with Gasteiger partial charge in [-0.25, -0.2) is 5.84 Å². The number of hydrogen-bond donors (Lipinski definition) is 3. The highest BCUT2D eigenvalue weighted by Crippen LogP contribution is 2.32. The van der Waals surface area contributed by atoms with Crippen molar-refractivity contribution >= 4 is 23.0 Å². The highest BCUT2D eigenvalue weighted by molar-refractivity contribution is 6.02. The topological polar surface area (TPSA) is 153 Å². The van der Waals surface area contributed by atoms with Crippen LogP contribution in [0.3, 0.4) is 0 Å². The van der Waals surface area contributed by atoms with E-state index in [0.29, 0.717) is 0 Å². The Balaban J connectivity index is 3.61. The number of nitrogen functional groups attached to an aromatic ring is 1. The molecule has 0 aliphatic heterocycles. The quantitative estimate of drug-likeness (QED) is 0.299. The van der Waals surface area contributed by atoms with Crippen molar-refractivity contribution in [1.29, 1.82) is 0 Å². The molecule has 0 saturated carbocycles. The van der Waals surface area contributed by atoms with E-state index in [1.165, 1.54) is 7.05 Å². The number of non-ortho nitro benzene ring substituents is 1. The predicted octanol–water partition coefficient (Wildman–Crippen LogP) is 0.148. The maximum absolute atomic E-state index is 11.4. The van der Waals surface area contributed by atoms with Crippen molar-refractivity contribution < 1.29 is 14.6 Å². The molecular formula is C8H9N5O5. The standard InChI is InChI=1S/C8H9N5O5/c1-10-7-5(8(14)11-9)2-4(12(15)16)3-6(7)13(17)18/h2-3,10H,9H2,1H3,(H,11,14). The number of carbonyl (C=O) groups is 1. The zero-order valence-corrected chi connectivity index (χ0v) is 9.17. The number of anilines is 1. The first-order chi connectivity index (χ1) is 8.42. The summed E-state index contributed by atoms with van der Waals surface area (Å²) >= 11 is 0. The Morgan fingerprint density at radius 1 is 1.28 bits per heavy atom. The molecule has 0 bridgehead atoms. The maximum Gasteiger partial charge on any atom is 0.300 e. The van der Waals surface area contributed by atoms with Gasteiger partial charge in [0.05, 0.1) is 21.5 Å². The van der Waals surface area contributed by atoms with Crippen molar-refractivity contribution in [3.63, 3.8) is 0 Å². The van der Waals surface area contributed by atoms with Gasteiger partial charge in [-0.15, -0.1) is 0 Å². The predicted molar refractivity (Wildman–Crippen MR) is 61.0 cm³/mol. The Morgan fingerprint density at radius 3 is 2.28 bits per heavy atom. The highest BCUT2D eigenvalue weighted by atomic mass is 16.6. The van der Waals surface area contributed by atoms with Gasteiger partial charge in [0, 0.05) is 13.1 Å². The average Bonchev–Trinajstić information content (AvgIpc) is 2.35. The number of benzene rings is 1. The lowest BCUT2D eigenvalue weighted by Gasteiger charge is -2.08. The van der Waals surface area contributed by atoms with E-state index >= 15 is 0 Å². The van der Waals surface area contributed by atoms with Crippen molar-refractivity contribution in [3.8, 4) is 0 Å². The number of nitrogens with two attached hydrogens (primary N) is 1. The van der Waals surface area contributed by atoms with Crippen LogP contribution in [0.15, 0.2) is 12.1 Å². The highest BCUT2D eigenvalue weighted by Gasteiger charge is 2.26. The smallest absolute Gasteiger partial charge is 0.300 e. The summed E-state index contributed by atoms with van der Waals surface area (Å²) in [5.41, 5.74) is 0.194. The molecule has 10 nitrogen and oxygen atoms in total. The van der Waals surface area contributed by atoms with Gasteiger partial charge >= 0.3 is 0 Å². The molecule has 0 radical (unpaired) electrons. The molecular weight excluding hydrogens is 246 g/mol. The molecule has 0 fully saturated rings. The lowest BCUT2D eigenvalue weighted by Crippen LogP contribution is -2.30. The first-order valence-corrected chi connectivity index (χ1v) is 4.58. The van der Waals surface area contributed by atoms with Crippen LogP contribution in [-0.4, -0.2) is 22.8 Å². The summed E-state index contributed by atoms with van der Waals surface area (Å²) in [5, 5.41) is 23.9. The molecule has 0 aliphatic rings. The van der Waals surface area contributed by atoms with Crippen LogP contribution in [0, 0.1) is 20.2 Å². The van der Waals surface area contributed by atoms with E-state index < -0.39 is 27.1 Å². The minimum Gasteiger partial charge on any atom is -0.382 e. The van der Waals surface area contributed by atoms with Gasteiger partial charge in [0.25, 0.3) is 17.3 Å². The van der Waals surface area contributed by atoms with Crippen molar-refractivity contribution in [3.05, 3.63) is 37.9 Å². The Bertz CT molecular complexity index is 529. The van der Waals surface area contributed by atoms with E-state index in [1.807, 2.05) is 0 Å². The molecule has 0 saturated heterocycles. The van der Waals surface area contributed by atoms with Crippen LogP contribution in [-0.2, 0) is 0 Å². The largest absolute Gasteiger partial charge is 0.382 e. The van der Waals surface area contributed by atoms with Gasteiger partial charge in [0.15, 0.2) is 0 Å². The fraction of sp³-hybridized carbons (Fsp3) is 0.125. The summed E-state index contributed by atoms with van der Waals surface area (Å²) in [6, 6.07) is 1.67. The fourth-order valence-corrected chi connectivity index (χ4v) is 1.38. The molecule has 4 N–H and O–H groups in total. The van der Waals surface area contributed by atoms with Gasteiger partial charge in [0.1, 0.15) is 5.69 Å². The number of nitro benzene ring substituents is 2. The van der Waals surface area contributed by atoms with Gasteiger partial charge in [-0.3, -0.25) is 30.4 Å². The molecule has 1 rings (SSSR count). The number of amides is 1. The van der Waals surface area contributed by atoms with Gasteiger partial charge in [-0.2, -0.15) is 0 Å². The minimum absolute atomic E-state index is 0.145. The summed E-state index contributed by atoms with van der Waals surface area (Å²) in [6.45, 7) is 0. The number of rotatable bonds is 4. The summed E-state index contributed by atoms with van der Waals surface area (Å²) in [7, 11) is 1.35. The van der Waals surface area contributed by atoms with Crippen molar-refractivity contribution in [2.24, 2.45) is 5.84 Å². The van der Waals surface area contributed by atoms with Crippen LogP contribution < -0.4 is 16.6 Å². The zero-order chi connectivity index (χ0) is 13.9. The van der Waals surface area contributed by atoms with E-state index in [9.17, 15) is 25.0 Å². The number of nitrogens with one attached hydrogen (secondary N) is 2. The van der Waals surface area contributed by atoms with E-state index in [4.69, 9.17) is 5.84 Å². The average molecular weight is 255 g/mol. The number of hydrogen-bond acceptors (Lipinski definition) is 7. The van der Waals surface area contributed by atoms with E-state index in [2.05, 4.69) is 5.32 Å². The molecule has 1 aromatic rings. The molecule has 96 valence electrons. The second-order valence-electron chi connectivity index (χ2n) is 3.13. The molecule has 10 heteroatoms. The van der Waals surface area contributed by atoms with E-state index in [-0.39, 0.29) is 11.3 Å². The summed E-state index contributed by atoms with van der Waals surface area (Å²) in [6.07, 6.45) is 0. The minimum atomic E-state index is -0.869. The number of carbonyl (C=O) groups excluding carboxylic acids is 1. The Labute approximate surface area is 100 Å². The third-order valence-corrected chi connectivity index (χ3v) is 2.14. The number of hydrazine groups is 1. The van der Waals surface area contributed by atoms with Crippen LogP contribution >= 0.6 is 0 Å². The molecule has 0 unspecified atom stereocenters. The van der Waals surface area contributed by atoms with E-state index in [0.717, 1.165) is 12.1 Å². The Kier molecular flexibility index (Phi) is 3.74. The summed E-state index contributed by atoms with van der Waals surface area (Å²) in [4.78, 5) is 31.2. The second-order valence-corrected chi connectivity index (χ2v) is 3.13. The van der Waals surface area contributed by atoms with Crippen LogP contribution in [0.2, 0.25) is 0 Å². The summed E-state index contributed by atoms with van der Waals surface area (Å²) < 4.78 is 0. The third kappa shape index (κ3) is 2.32. The van der Waals surface area contributed by atoms with Gasteiger partial charge in [0.2, 0.25) is 0 Å². The van der Waals surface area contributed by atoms with Crippen molar-refractivity contribution in [1.82, 2.24) is 5.43 Å². The maximum atomic E-state index is 11.4. The second kappa shape index (κ2) is 5.05. The summed E-state index contributed by atoms with van der Waals surface area (Å²) in [5.74, 6) is 4.04. The molecule has 0 spiro atoms. The monoisotopic (exact) mass is 255 g/mol. The lowest BCUT2D eigenvalue weighted by atomic mass is 10.1. The molecule has 0 heterocycles. The molecule has 18 heavy (non-hydrogen) atoms. The fourth-order valence-electron chi connectivity index (χ4n) is 1.38. The van der Waals surface area contributed by atoms with Crippen LogP contribution in [0.5, 0.6) is 0 Å². The first kappa shape index (κ1) is 13.3. The van der Waals surface area contributed by atoms with E-state index in [1.54, 1.807) is 5.43 Å². The Morgan fingerprint density at radius 2 is 1.89 bits per heavy atom. The molecule has 1 aromatic carbocycles. The van der Waals surface area contributed by atoms with Crippen molar-refractivity contribution in [2.45, 2.75) is 0 Å². The zero-order valence-electron chi connectivity index (χ0n) is 9.17.